The summed E-state index contributed by atoms with van der Waals surface area (Å²) in [4.78, 5) is 8.80. The van der Waals surface area contributed by atoms with Gasteiger partial charge in [0.2, 0.25) is 5.88 Å². The maximum Gasteiger partial charge on any atom is 0.232 e. The molecule has 0 spiro atoms. The van der Waals surface area contributed by atoms with Gasteiger partial charge in [-0.1, -0.05) is 27.7 Å². The maximum absolute atomic E-state index is 5.55. The highest BCUT2D eigenvalue weighted by atomic mass is 16.5. The Morgan fingerprint density at radius 1 is 1.21 bits per heavy atom. The lowest BCUT2D eigenvalue weighted by Gasteiger charge is -2.23. The van der Waals surface area contributed by atoms with Crippen molar-refractivity contribution >= 4 is 0 Å². The van der Waals surface area contributed by atoms with Gasteiger partial charge in [0.1, 0.15) is 0 Å². The highest BCUT2D eigenvalue weighted by Gasteiger charge is 2.18. The van der Waals surface area contributed by atoms with Crippen molar-refractivity contribution < 1.29 is 4.74 Å². The van der Waals surface area contributed by atoms with E-state index >= 15 is 0 Å². The molecule has 2 atom stereocenters. The van der Waals surface area contributed by atoms with Gasteiger partial charge in [0.05, 0.1) is 18.5 Å². The third kappa shape index (κ3) is 5.15. The van der Waals surface area contributed by atoms with Gasteiger partial charge in [0.25, 0.3) is 0 Å². The Labute approximate surface area is 117 Å². The molecule has 1 rings (SSSR count). The van der Waals surface area contributed by atoms with E-state index in [9.17, 15) is 0 Å². The van der Waals surface area contributed by atoms with E-state index in [1.54, 1.807) is 6.20 Å². The molecule has 1 heterocycles. The van der Waals surface area contributed by atoms with Crippen molar-refractivity contribution in [2.45, 2.75) is 58.9 Å². The predicted octanol–water partition coefficient (Wildman–Crippen LogP) is 3.15. The van der Waals surface area contributed by atoms with Crippen molar-refractivity contribution in [2.24, 2.45) is 0 Å². The van der Waals surface area contributed by atoms with E-state index in [1.807, 2.05) is 6.20 Å². The van der Waals surface area contributed by atoms with Gasteiger partial charge in [-0.05, 0) is 25.8 Å². The maximum atomic E-state index is 5.55. The molecule has 0 saturated heterocycles. The third-order valence-electron chi connectivity index (χ3n) is 3.25. The molecule has 4 nitrogen and oxygen atoms in total. The zero-order chi connectivity index (χ0) is 14.1. The van der Waals surface area contributed by atoms with E-state index in [0.717, 1.165) is 31.5 Å². The van der Waals surface area contributed by atoms with Gasteiger partial charge in [-0.25, -0.2) is 4.98 Å². The monoisotopic (exact) mass is 265 g/mol. The molecule has 0 fully saturated rings. The van der Waals surface area contributed by atoms with Crippen LogP contribution in [0.15, 0.2) is 12.4 Å². The van der Waals surface area contributed by atoms with Gasteiger partial charge >= 0.3 is 0 Å². The van der Waals surface area contributed by atoms with Crippen molar-refractivity contribution in [2.75, 3.05) is 13.2 Å². The highest BCUT2D eigenvalue weighted by molar-refractivity contribution is 5.13. The van der Waals surface area contributed by atoms with Crippen LogP contribution in [0.3, 0.4) is 0 Å². The lowest BCUT2D eigenvalue weighted by atomic mass is 9.96. The molecular formula is C15H27N3O. The SMILES string of the molecule is CCCNC(CC)C(C)c1cncc(OCCC)n1. The average Bonchev–Trinajstić information content (AvgIpc) is 2.46. The molecule has 1 aromatic heterocycles. The lowest BCUT2D eigenvalue weighted by Crippen LogP contribution is -2.34. The predicted molar refractivity (Wildman–Crippen MR) is 78.6 cm³/mol. The second kappa shape index (κ2) is 8.86. The van der Waals surface area contributed by atoms with Crippen LogP contribution in [0, 0.1) is 0 Å². The number of hydrogen-bond acceptors (Lipinski definition) is 4. The van der Waals surface area contributed by atoms with Crippen LogP contribution in [0.4, 0.5) is 0 Å². The number of nitrogens with one attached hydrogen (secondary N) is 1. The van der Waals surface area contributed by atoms with Crippen molar-refractivity contribution in [3.05, 3.63) is 18.1 Å². The van der Waals surface area contributed by atoms with Crippen molar-refractivity contribution in [3.8, 4) is 5.88 Å². The second-order valence-electron chi connectivity index (χ2n) is 4.89. The average molecular weight is 265 g/mol. The third-order valence-corrected chi connectivity index (χ3v) is 3.25. The fraction of sp³-hybridized carbons (Fsp3) is 0.733. The van der Waals surface area contributed by atoms with Crippen LogP contribution in [0.1, 0.15) is 58.6 Å². The van der Waals surface area contributed by atoms with Gasteiger partial charge in [0, 0.05) is 18.2 Å². The molecular weight excluding hydrogens is 238 g/mol. The summed E-state index contributed by atoms with van der Waals surface area (Å²) in [6.45, 7) is 10.4. The van der Waals surface area contributed by atoms with Crippen LogP contribution < -0.4 is 10.1 Å². The summed E-state index contributed by atoms with van der Waals surface area (Å²) in [5.74, 6) is 0.978. The number of hydrogen-bond donors (Lipinski definition) is 1. The molecule has 108 valence electrons. The summed E-state index contributed by atoms with van der Waals surface area (Å²) in [7, 11) is 0. The molecule has 1 aromatic rings. The Morgan fingerprint density at radius 2 is 2.00 bits per heavy atom. The standard InChI is InChI=1S/C15H27N3O/c1-5-8-17-13(7-3)12(4)14-10-16-11-15(18-14)19-9-6-2/h10-13,17H,5-9H2,1-4H3. The molecule has 0 aromatic carbocycles. The minimum atomic E-state index is 0.342. The number of aromatic nitrogens is 2. The van der Waals surface area contributed by atoms with E-state index < -0.39 is 0 Å². The summed E-state index contributed by atoms with van der Waals surface area (Å²) in [5.41, 5.74) is 1.00. The zero-order valence-corrected chi connectivity index (χ0v) is 12.6. The Kier molecular flexibility index (Phi) is 7.41. The van der Waals surface area contributed by atoms with Crippen LogP contribution in [-0.2, 0) is 0 Å². The first-order valence-electron chi connectivity index (χ1n) is 7.40. The van der Waals surface area contributed by atoms with Crippen molar-refractivity contribution in [1.29, 1.82) is 0 Å². The molecule has 0 bridgehead atoms. The lowest BCUT2D eigenvalue weighted by molar-refractivity contribution is 0.301. The summed E-state index contributed by atoms with van der Waals surface area (Å²) in [6.07, 6.45) is 6.75. The highest BCUT2D eigenvalue weighted by Crippen LogP contribution is 2.20. The molecule has 1 N–H and O–H groups in total. The van der Waals surface area contributed by atoms with Crippen LogP contribution in [0.5, 0.6) is 5.88 Å². The smallest absolute Gasteiger partial charge is 0.232 e. The minimum absolute atomic E-state index is 0.342. The van der Waals surface area contributed by atoms with E-state index in [2.05, 4.69) is 43.0 Å². The van der Waals surface area contributed by atoms with Gasteiger partial charge < -0.3 is 10.1 Å². The molecule has 2 unspecified atom stereocenters. The van der Waals surface area contributed by atoms with E-state index in [-0.39, 0.29) is 0 Å². The normalized spacial score (nSPS) is 14.1. The molecule has 0 saturated carbocycles. The molecule has 4 heteroatoms. The molecule has 0 amide bonds. The van der Waals surface area contributed by atoms with Crippen LogP contribution in [0.25, 0.3) is 0 Å². The largest absolute Gasteiger partial charge is 0.477 e. The van der Waals surface area contributed by atoms with Crippen LogP contribution in [0.2, 0.25) is 0 Å². The summed E-state index contributed by atoms with van der Waals surface area (Å²) in [6, 6.07) is 0.440. The van der Waals surface area contributed by atoms with Gasteiger partial charge in [-0.15, -0.1) is 0 Å². The van der Waals surface area contributed by atoms with Crippen LogP contribution >= 0.6 is 0 Å². The molecule has 0 aliphatic carbocycles. The molecule has 19 heavy (non-hydrogen) atoms. The summed E-state index contributed by atoms with van der Waals surface area (Å²) in [5, 5.41) is 3.57. The van der Waals surface area contributed by atoms with Crippen LogP contribution in [-0.4, -0.2) is 29.2 Å². The van der Waals surface area contributed by atoms with Crippen molar-refractivity contribution in [3.63, 3.8) is 0 Å². The Balaban J connectivity index is 2.70. The summed E-state index contributed by atoms with van der Waals surface area (Å²) < 4.78 is 5.55. The van der Waals surface area contributed by atoms with Gasteiger partial charge in [-0.2, -0.15) is 0 Å². The zero-order valence-electron chi connectivity index (χ0n) is 12.6. The Morgan fingerprint density at radius 3 is 2.63 bits per heavy atom. The minimum Gasteiger partial charge on any atom is -0.477 e. The number of ether oxygens (including phenoxy) is 1. The Hall–Kier alpha value is -1.16. The number of nitrogens with zero attached hydrogens (tertiary/aromatic N) is 2. The second-order valence-corrected chi connectivity index (χ2v) is 4.89. The molecule has 0 radical (unpaired) electrons. The van der Waals surface area contributed by atoms with E-state index in [1.165, 1.54) is 0 Å². The first-order valence-corrected chi connectivity index (χ1v) is 7.40. The quantitative estimate of drug-likeness (QED) is 0.745. The fourth-order valence-electron chi connectivity index (χ4n) is 2.07. The van der Waals surface area contributed by atoms with Gasteiger partial charge in [-0.3, -0.25) is 4.98 Å². The number of rotatable bonds is 9. The molecule has 0 aliphatic rings. The van der Waals surface area contributed by atoms with E-state index in [0.29, 0.717) is 24.4 Å². The van der Waals surface area contributed by atoms with Crippen molar-refractivity contribution in [1.82, 2.24) is 15.3 Å². The topological polar surface area (TPSA) is 47.0 Å². The first-order chi connectivity index (χ1) is 9.22. The van der Waals surface area contributed by atoms with Gasteiger partial charge in [0.15, 0.2) is 0 Å². The molecule has 0 aliphatic heterocycles. The summed E-state index contributed by atoms with van der Waals surface area (Å²) >= 11 is 0. The Bertz CT molecular complexity index is 357. The first kappa shape index (κ1) is 15.9. The van der Waals surface area contributed by atoms with E-state index in [4.69, 9.17) is 4.74 Å². The fourth-order valence-corrected chi connectivity index (χ4v) is 2.07.